The Labute approximate surface area is 156 Å². The zero-order valence-electron chi connectivity index (χ0n) is 14.6. The molecule has 1 aromatic heterocycles. The van der Waals surface area contributed by atoms with E-state index in [-0.39, 0.29) is 29.8 Å². The van der Waals surface area contributed by atoms with Gasteiger partial charge in [-0.15, -0.1) is 0 Å². The van der Waals surface area contributed by atoms with Crippen LogP contribution in [0.15, 0.2) is 42.6 Å². The maximum absolute atomic E-state index is 13.3. The number of rotatable bonds is 3. The molecule has 2 fully saturated rings. The Hall–Kier alpha value is -2.96. The van der Waals surface area contributed by atoms with Gasteiger partial charge in [-0.05, 0) is 49.9 Å². The number of hydrogen-bond donors (Lipinski definition) is 2. The topological polar surface area (TPSA) is 82.5 Å². The van der Waals surface area contributed by atoms with E-state index in [1.165, 1.54) is 23.2 Å². The van der Waals surface area contributed by atoms with Crippen LogP contribution in [0.3, 0.4) is 0 Å². The van der Waals surface area contributed by atoms with Crippen LogP contribution in [-0.4, -0.2) is 45.1 Å². The zero-order chi connectivity index (χ0) is 19.0. The highest BCUT2D eigenvalue weighted by molar-refractivity contribution is 5.94. The van der Waals surface area contributed by atoms with Crippen LogP contribution in [-0.2, 0) is 0 Å². The number of amides is 2. The minimum absolute atomic E-state index is 0.0139. The number of piperidine rings is 1. The molecule has 2 saturated heterocycles. The first-order chi connectivity index (χ1) is 13.0. The SMILES string of the molecule is O=C(N[C@@H]1C[C@H]2CC[C@@H](C1)N2C(=O)O)c1ccc(-c2cccc(F)c2)nc1. The molecule has 140 valence electrons. The number of halogens is 1. The molecule has 2 aliphatic rings. The second-order valence-electron chi connectivity index (χ2n) is 7.16. The summed E-state index contributed by atoms with van der Waals surface area (Å²) < 4.78 is 13.3. The smallest absolute Gasteiger partial charge is 0.407 e. The Morgan fingerprint density at radius 3 is 2.48 bits per heavy atom. The van der Waals surface area contributed by atoms with Gasteiger partial charge in [0.1, 0.15) is 5.82 Å². The fourth-order valence-corrected chi connectivity index (χ4v) is 4.22. The van der Waals surface area contributed by atoms with Gasteiger partial charge in [0.25, 0.3) is 5.91 Å². The lowest BCUT2D eigenvalue weighted by Crippen LogP contribution is -2.52. The van der Waals surface area contributed by atoms with Gasteiger partial charge in [0, 0.05) is 29.9 Å². The van der Waals surface area contributed by atoms with Gasteiger partial charge in [-0.1, -0.05) is 12.1 Å². The van der Waals surface area contributed by atoms with E-state index in [1.807, 2.05) is 0 Å². The van der Waals surface area contributed by atoms with Crippen molar-refractivity contribution in [2.45, 2.75) is 43.8 Å². The van der Waals surface area contributed by atoms with Crippen molar-refractivity contribution in [3.05, 3.63) is 54.0 Å². The van der Waals surface area contributed by atoms with E-state index in [1.54, 1.807) is 24.3 Å². The average molecular weight is 369 g/mol. The minimum Gasteiger partial charge on any atom is -0.465 e. The summed E-state index contributed by atoms with van der Waals surface area (Å²) in [5.74, 6) is -0.556. The lowest BCUT2D eigenvalue weighted by atomic mass is 9.97. The number of pyridine rings is 1. The van der Waals surface area contributed by atoms with Crippen LogP contribution in [0.25, 0.3) is 11.3 Å². The molecule has 4 rings (SSSR count). The molecule has 0 spiro atoms. The molecule has 0 aliphatic carbocycles. The molecule has 2 bridgehead atoms. The quantitative estimate of drug-likeness (QED) is 0.870. The Morgan fingerprint density at radius 2 is 1.89 bits per heavy atom. The number of nitrogens with one attached hydrogen (secondary N) is 1. The Kier molecular flexibility index (Phi) is 4.51. The van der Waals surface area contributed by atoms with Crippen LogP contribution in [0.5, 0.6) is 0 Å². The summed E-state index contributed by atoms with van der Waals surface area (Å²) in [5.41, 5.74) is 1.68. The fraction of sp³-hybridized carbons (Fsp3) is 0.350. The highest BCUT2D eigenvalue weighted by Crippen LogP contribution is 2.35. The normalized spacial score (nSPS) is 23.9. The number of carboxylic acid groups (broad SMARTS) is 1. The average Bonchev–Trinajstić information content (AvgIpc) is 2.93. The number of fused-ring (bicyclic) bond motifs is 2. The molecule has 0 saturated carbocycles. The predicted molar refractivity (Wildman–Crippen MR) is 96.8 cm³/mol. The summed E-state index contributed by atoms with van der Waals surface area (Å²) >= 11 is 0. The molecule has 7 heteroatoms. The molecular weight excluding hydrogens is 349 g/mol. The molecular formula is C20H20FN3O3. The third-order valence-corrected chi connectivity index (χ3v) is 5.44. The van der Waals surface area contributed by atoms with Crippen molar-refractivity contribution in [3.63, 3.8) is 0 Å². The summed E-state index contributed by atoms with van der Waals surface area (Å²) in [5, 5.41) is 12.3. The summed E-state index contributed by atoms with van der Waals surface area (Å²) in [7, 11) is 0. The van der Waals surface area contributed by atoms with Crippen LogP contribution in [0, 0.1) is 5.82 Å². The van der Waals surface area contributed by atoms with E-state index in [9.17, 15) is 19.1 Å². The second kappa shape index (κ2) is 6.98. The first kappa shape index (κ1) is 17.5. The molecule has 2 amide bonds. The van der Waals surface area contributed by atoms with Crippen molar-refractivity contribution < 1.29 is 19.1 Å². The summed E-state index contributed by atoms with van der Waals surface area (Å²) in [6.45, 7) is 0. The molecule has 2 aromatic rings. The fourth-order valence-electron chi connectivity index (χ4n) is 4.22. The molecule has 1 aromatic carbocycles. The molecule has 3 heterocycles. The third kappa shape index (κ3) is 3.49. The van der Waals surface area contributed by atoms with Crippen molar-refractivity contribution in [1.29, 1.82) is 0 Å². The number of aromatic nitrogens is 1. The second-order valence-corrected chi connectivity index (χ2v) is 7.16. The van der Waals surface area contributed by atoms with Crippen molar-refractivity contribution in [2.24, 2.45) is 0 Å². The minimum atomic E-state index is -0.871. The van der Waals surface area contributed by atoms with E-state index in [4.69, 9.17) is 0 Å². The first-order valence-corrected chi connectivity index (χ1v) is 9.05. The number of benzene rings is 1. The Morgan fingerprint density at radius 1 is 1.15 bits per heavy atom. The van der Waals surface area contributed by atoms with Gasteiger partial charge in [-0.2, -0.15) is 0 Å². The highest BCUT2D eigenvalue weighted by atomic mass is 19.1. The molecule has 0 radical (unpaired) electrons. The van der Waals surface area contributed by atoms with Gasteiger partial charge in [-0.3, -0.25) is 9.78 Å². The van der Waals surface area contributed by atoms with E-state index < -0.39 is 6.09 Å². The van der Waals surface area contributed by atoms with E-state index in [0.717, 1.165) is 12.8 Å². The Balaban J connectivity index is 1.41. The standard InChI is InChI=1S/C20H20FN3O3/c21-14-3-1-2-12(8-14)18-7-4-13(11-22-18)19(25)23-15-9-16-5-6-17(10-15)24(16)20(26)27/h1-4,7-8,11,15-17H,5-6,9-10H2,(H,23,25)(H,26,27)/t15-,16-,17+. The first-order valence-electron chi connectivity index (χ1n) is 9.05. The lowest BCUT2D eigenvalue weighted by molar-refractivity contribution is 0.0810. The molecule has 3 atom stereocenters. The zero-order valence-corrected chi connectivity index (χ0v) is 14.6. The van der Waals surface area contributed by atoms with E-state index >= 15 is 0 Å². The molecule has 0 unspecified atom stereocenters. The molecule has 27 heavy (non-hydrogen) atoms. The van der Waals surface area contributed by atoms with Gasteiger partial charge < -0.3 is 15.3 Å². The molecule has 2 N–H and O–H groups in total. The number of nitrogens with zero attached hydrogens (tertiary/aromatic N) is 2. The van der Waals surface area contributed by atoms with Gasteiger partial charge in [0.05, 0.1) is 11.3 Å². The Bertz CT molecular complexity index is 857. The highest BCUT2D eigenvalue weighted by Gasteiger charge is 2.43. The maximum Gasteiger partial charge on any atom is 0.407 e. The van der Waals surface area contributed by atoms with E-state index in [2.05, 4.69) is 10.3 Å². The van der Waals surface area contributed by atoms with Crippen LogP contribution in [0.1, 0.15) is 36.0 Å². The van der Waals surface area contributed by atoms with Crippen molar-refractivity contribution >= 4 is 12.0 Å². The summed E-state index contributed by atoms with van der Waals surface area (Å²) in [6.07, 6.45) is 3.60. The van der Waals surface area contributed by atoms with Gasteiger partial charge >= 0.3 is 6.09 Å². The van der Waals surface area contributed by atoms with E-state index in [0.29, 0.717) is 29.7 Å². The van der Waals surface area contributed by atoms with Gasteiger partial charge in [-0.25, -0.2) is 9.18 Å². The lowest BCUT2D eigenvalue weighted by Gasteiger charge is -2.37. The van der Waals surface area contributed by atoms with Gasteiger partial charge in [0.15, 0.2) is 0 Å². The van der Waals surface area contributed by atoms with Crippen molar-refractivity contribution in [2.75, 3.05) is 0 Å². The summed E-state index contributed by atoms with van der Waals surface area (Å²) in [6, 6.07) is 9.45. The summed E-state index contributed by atoms with van der Waals surface area (Å²) in [4.78, 5) is 29.7. The van der Waals surface area contributed by atoms with Crippen LogP contribution in [0.4, 0.5) is 9.18 Å². The third-order valence-electron chi connectivity index (χ3n) is 5.44. The van der Waals surface area contributed by atoms with Crippen LogP contribution >= 0.6 is 0 Å². The van der Waals surface area contributed by atoms with Crippen molar-refractivity contribution in [3.8, 4) is 11.3 Å². The van der Waals surface area contributed by atoms with Gasteiger partial charge in [0.2, 0.25) is 0 Å². The van der Waals surface area contributed by atoms with Crippen LogP contribution < -0.4 is 5.32 Å². The monoisotopic (exact) mass is 369 g/mol. The van der Waals surface area contributed by atoms with Crippen molar-refractivity contribution in [1.82, 2.24) is 15.2 Å². The molecule has 6 nitrogen and oxygen atoms in total. The predicted octanol–water partition coefficient (Wildman–Crippen LogP) is 3.29. The largest absolute Gasteiger partial charge is 0.465 e. The van der Waals surface area contributed by atoms with Crippen LogP contribution in [0.2, 0.25) is 0 Å². The number of carbonyl (C=O) groups excluding carboxylic acids is 1. The molecule has 2 aliphatic heterocycles. The maximum atomic E-state index is 13.3. The number of carbonyl (C=O) groups is 2. The number of hydrogen-bond acceptors (Lipinski definition) is 3.